The normalized spacial score (nSPS) is 12.4. The van der Waals surface area contributed by atoms with Crippen LogP contribution in [0.15, 0.2) is 30.8 Å². The van der Waals surface area contributed by atoms with Gasteiger partial charge in [-0.15, -0.1) is 0 Å². The molecule has 0 amide bonds. The molecule has 0 saturated heterocycles. The number of carboxylic acid groups (broad SMARTS) is 1. The molecule has 0 aliphatic carbocycles. The topological polar surface area (TPSA) is 60.8 Å². The number of aliphatic hydroxyl groups excluding tert-OH is 1. The lowest BCUT2D eigenvalue weighted by atomic mass is 10.0. The van der Waals surface area contributed by atoms with Gasteiger partial charge in [0.05, 0.1) is 6.73 Å². The van der Waals surface area contributed by atoms with E-state index in [1.165, 1.54) is 4.90 Å². The van der Waals surface area contributed by atoms with Gasteiger partial charge in [-0.1, -0.05) is 36.4 Å². The van der Waals surface area contributed by atoms with Gasteiger partial charge in [-0.3, -0.25) is 9.69 Å². The largest absolute Gasteiger partial charge is 0.480 e. The van der Waals surface area contributed by atoms with Gasteiger partial charge in [0, 0.05) is 6.54 Å². The molecule has 1 unspecified atom stereocenters. The van der Waals surface area contributed by atoms with Crippen LogP contribution in [0.2, 0.25) is 0 Å². The standard InChI is InChI=1S/C14H19NO3/c1-10(2)13-7-5-4-6-12(13)8-15(9-16)11(3)14(17)18/h4-7,11,16H,1,8-9H2,2-3H3,(H,17,18). The van der Waals surface area contributed by atoms with E-state index < -0.39 is 12.0 Å². The number of aliphatic hydroxyl groups is 1. The number of carboxylic acids is 1. The summed E-state index contributed by atoms with van der Waals surface area (Å²) in [6.07, 6.45) is 0. The van der Waals surface area contributed by atoms with Crippen molar-refractivity contribution in [3.63, 3.8) is 0 Å². The molecular formula is C14H19NO3. The third kappa shape index (κ3) is 3.42. The minimum atomic E-state index is -0.947. The molecule has 0 aliphatic heterocycles. The Kier molecular flexibility index (Phi) is 5.07. The second-order valence-electron chi connectivity index (χ2n) is 4.34. The summed E-state index contributed by atoms with van der Waals surface area (Å²) in [7, 11) is 0. The molecule has 0 aromatic heterocycles. The summed E-state index contributed by atoms with van der Waals surface area (Å²) in [5.41, 5.74) is 2.88. The second-order valence-corrected chi connectivity index (χ2v) is 4.34. The molecule has 4 nitrogen and oxygen atoms in total. The van der Waals surface area contributed by atoms with Crippen LogP contribution in [0.3, 0.4) is 0 Å². The van der Waals surface area contributed by atoms with E-state index in [4.69, 9.17) is 5.11 Å². The van der Waals surface area contributed by atoms with Gasteiger partial charge < -0.3 is 10.2 Å². The number of rotatable bonds is 6. The number of allylic oxidation sites excluding steroid dienone is 1. The summed E-state index contributed by atoms with van der Waals surface area (Å²) in [4.78, 5) is 12.4. The van der Waals surface area contributed by atoms with E-state index in [9.17, 15) is 9.90 Å². The Morgan fingerprint density at radius 3 is 2.56 bits per heavy atom. The van der Waals surface area contributed by atoms with Crippen LogP contribution >= 0.6 is 0 Å². The summed E-state index contributed by atoms with van der Waals surface area (Å²) in [5, 5.41) is 18.2. The Morgan fingerprint density at radius 2 is 2.06 bits per heavy atom. The molecule has 0 fully saturated rings. The molecule has 4 heteroatoms. The number of benzene rings is 1. The van der Waals surface area contributed by atoms with Gasteiger partial charge in [-0.25, -0.2) is 0 Å². The third-order valence-corrected chi connectivity index (χ3v) is 2.94. The molecule has 1 atom stereocenters. The maximum Gasteiger partial charge on any atom is 0.320 e. The first-order chi connectivity index (χ1) is 8.47. The van der Waals surface area contributed by atoms with Gasteiger partial charge in [0.15, 0.2) is 0 Å². The Bertz CT molecular complexity index is 442. The van der Waals surface area contributed by atoms with Crippen molar-refractivity contribution in [2.45, 2.75) is 26.4 Å². The highest BCUT2D eigenvalue weighted by atomic mass is 16.4. The van der Waals surface area contributed by atoms with Crippen molar-refractivity contribution < 1.29 is 15.0 Å². The van der Waals surface area contributed by atoms with Crippen LogP contribution in [0.1, 0.15) is 25.0 Å². The zero-order valence-corrected chi connectivity index (χ0v) is 10.8. The lowest BCUT2D eigenvalue weighted by molar-refractivity contribution is -0.144. The van der Waals surface area contributed by atoms with Gasteiger partial charge in [0.25, 0.3) is 0 Å². The molecule has 0 saturated carbocycles. The van der Waals surface area contributed by atoms with Crippen molar-refractivity contribution in [2.24, 2.45) is 0 Å². The van der Waals surface area contributed by atoms with E-state index in [1.54, 1.807) is 6.92 Å². The van der Waals surface area contributed by atoms with Gasteiger partial charge in [-0.2, -0.15) is 0 Å². The van der Waals surface area contributed by atoms with Crippen molar-refractivity contribution in [2.75, 3.05) is 6.73 Å². The van der Waals surface area contributed by atoms with E-state index in [0.717, 1.165) is 16.7 Å². The number of hydrogen-bond donors (Lipinski definition) is 2. The van der Waals surface area contributed by atoms with E-state index >= 15 is 0 Å². The van der Waals surface area contributed by atoms with E-state index in [-0.39, 0.29) is 6.73 Å². The van der Waals surface area contributed by atoms with Crippen molar-refractivity contribution >= 4 is 11.5 Å². The fraction of sp³-hybridized carbons (Fsp3) is 0.357. The zero-order valence-electron chi connectivity index (χ0n) is 10.8. The molecule has 0 spiro atoms. The first-order valence-electron chi connectivity index (χ1n) is 5.79. The molecular weight excluding hydrogens is 230 g/mol. The molecule has 1 aromatic carbocycles. The van der Waals surface area contributed by atoms with E-state index in [0.29, 0.717) is 6.54 Å². The maximum absolute atomic E-state index is 10.9. The zero-order chi connectivity index (χ0) is 13.7. The van der Waals surface area contributed by atoms with Crippen LogP contribution in [-0.2, 0) is 11.3 Å². The summed E-state index contributed by atoms with van der Waals surface area (Å²) < 4.78 is 0. The first-order valence-corrected chi connectivity index (χ1v) is 5.79. The summed E-state index contributed by atoms with van der Waals surface area (Å²) in [6.45, 7) is 7.45. The molecule has 1 rings (SSSR count). The Labute approximate surface area is 107 Å². The van der Waals surface area contributed by atoms with E-state index in [2.05, 4.69) is 6.58 Å². The van der Waals surface area contributed by atoms with Crippen LogP contribution in [0.5, 0.6) is 0 Å². The highest BCUT2D eigenvalue weighted by Gasteiger charge is 2.20. The highest BCUT2D eigenvalue weighted by Crippen LogP contribution is 2.19. The minimum Gasteiger partial charge on any atom is -0.480 e. The molecule has 0 aliphatic rings. The fourth-order valence-electron chi connectivity index (χ4n) is 1.76. The van der Waals surface area contributed by atoms with E-state index in [1.807, 2.05) is 31.2 Å². The van der Waals surface area contributed by atoms with Crippen LogP contribution in [0.4, 0.5) is 0 Å². The monoisotopic (exact) mass is 249 g/mol. The Morgan fingerprint density at radius 1 is 1.44 bits per heavy atom. The lowest BCUT2D eigenvalue weighted by Gasteiger charge is -2.24. The van der Waals surface area contributed by atoms with Gasteiger partial charge in [-0.05, 0) is 25.0 Å². The van der Waals surface area contributed by atoms with Crippen LogP contribution < -0.4 is 0 Å². The van der Waals surface area contributed by atoms with Crippen molar-refractivity contribution in [3.05, 3.63) is 42.0 Å². The van der Waals surface area contributed by atoms with Gasteiger partial charge in [0.2, 0.25) is 0 Å². The molecule has 1 aromatic rings. The Hall–Kier alpha value is -1.65. The maximum atomic E-state index is 10.9. The SMILES string of the molecule is C=C(C)c1ccccc1CN(CO)C(C)C(=O)O. The average Bonchev–Trinajstić information content (AvgIpc) is 2.35. The number of aliphatic carboxylic acids is 1. The number of hydrogen-bond acceptors (Lipinski definition) is 3. The quantitative estimate of drug-likeness (QED) is 0.756. The molecule has 18 heavy (non-hydrogen) atoms. The third-order valence-electron chi connectivity index (χ3n) is 2.94. The second kappa shape index (κ2) is 6.33. The fourth-order valence-corrected chi connectivity index (χ4v) is 1.76. The molecule has 0 heterocycles. The lowest BCUT2D eigenvalue weighted by Crippen LogP contribution is -2.39. The molecule has 0 bridgehead atoms. The van der Waals surface area contributed by atoms with Crippen LogP contribution in [0.25, 0.3) is 5.57 Å². The van der Waals surface area contributed by atoms with Gasteiger partial charge >= 0.3 is 5.97 Å². The summed E-state index contributed by atoms with van der Waals surface area (Å²) in [6, 6.07) is 6.94. The van der Waals surface area contributed by atoms with Crippen LogP contribution in [-0.4, -0.2) is 33.9 Å². The smallest absolute Gasteiger partial charge is 0.320 e. The van der Waals surface area contributed by atoms with Crippen molar-refractivity contribution in [1.29, 1.82) is 0 Å². The number of nitrogens with zero attached hydrogens (tertiary/aromatic N) is 1. The molecule has 2 N–H and O–H groups in total. The Balaban J connectivity index is 2.95. The number of carbonyl (C=O) groups is 1. The van der Waals surface area contributed by atoms with Gasteiger partial charge in [0.1, 0.15) is 6.04 Å². The molecule has 0 radical (unpaired) electrons. The predicted octanol–water partition coefficient (Wildman–Crippen LogP) is 1.94. The molecule has 98 valence electrons. The highest BCUT2D eigenvalue weighted by molar-refractivity contribution is 5.73. The first kappa shape index (κ1) is 14.4. The van der Waals surface area contributed by atoms with Crippen LogP contribution in [0, 0.1) is 0 Å². The van der Waals surface area contributed by atoms with Crippen molar-refractivity contribution in [3.8, 4) is 0 Å². The minimum absolute atomic E-state index is 0.294. The average molecular weight is 249 g/mol. The summed E-state index contributed by atoms with van der Waals surface area (Å²) in [5.74, 6) is -0.947. The van der Waals surface area contributed by atoms with Crippen molar-refractivity contribution in [1.82, 2.24) is 4.90 Å². The summed E-state index contributed by atoms with van der Waals surface area (Å²) >= 11 is 0. The predicted molar refractivity (Wildman–Crippen MR) is 70.9 cm³/mol.